The van der Waals surface area contributed by atoms with Crippen LogP contribution < -0.4 is 15.0 Å². The largest absolute Gasteiger partial charge is 0.491 e. The third kappa shape index (κ3) is 5.57. The van der Waals surface area contributed by atoms with Crippen molar-refractivity contribution in [3.05, 3.63) is 53.6 Å². The second-order valence-electron chi connectivity index (χ2n) is 8.35. The molecule has 0 unspecified atom stereocenters. The van der Waals surface area contributed by atoms with Gasteiger partial charge >= 0.3 is 0 Å². The summed E-state index contributed by atoms with van der Waals surface area (Å²) in [5, 5.41) is 3.04. The molecule has 2 aromatic carbocycles. The molecule has 2 aliphatic rings. The lowest BCUT2D eigenvalue weighted by Gasteiger charge is -2.35. The molecule has 0 spiro atoms. The van der Waals surface area contributed by atoms with E-state index >= 15 is 0 Å². The summed E-state index contributed by atoms with van der Waals surface area (Å²) in [6, 6.07) is 13.6. The van der Waals surface area contributed by atoms with Crippen LogP contribution in [0.25, 0.3) is 0 Å². The van der Waals surface area contributed by atoms with Gasteiger partial charge in [-0.15, -0.1) is 0 Å². The maximum absolute atomic E-state index is 12.7. The number of amides is 1. The van der Waals surface area contributed by atoms with Gasteiger partial charge in [0, 0.05) is 49.7 Å². The van der Waals surface area contributed by atoms with E-state index in [9.17, 15) is 4.79 Å². The van der Waals surface area contributed by atoms with Crippen molar-refractivity contribution in [3.63, 3.8) is 0 Å². The summed E-state index contributed by atoms with van der Waals surface area (Å²) in [7, 11) is 0. The summed E-state index contributed by atoms with van der Waals surface area (Å²) >= 11 is 0. The van der Waals surface area contributed by atoms with E-state index in [2.05, 4.69) is 34.2 Å². The Balaban J connectivity index is 1.32. The standard InChI is InChI=1S/C25H33N3O3/c1-3-27-12-14-28(15-13-27)21-8-11-24(19(2)17-21)26-25(29)20-6-9-22(10-7-20)31-18-23-5-4-16-30-23/h6-11,17,23H,3-5,12-16,18H2,1-2H3,(H,26,29)/t23-/m1/s1. The van der Waals surface area contributed by atoms with Gasteiger partial charge in [-0.2, -0.15) is 0 Å². The first kappa shape index (κ1) is 21.7. The summed E-state index contributed by atoms with van der Waals surface area (Å²) in [6.07, 6.45) is 2.33. The molecule has 1 atom stereocenters. The Labute approximate surface area is 185 Å². The monoisotopic (exact) mass is 423 g/mol. The van der Waals surface area contributed by atoms with E-state index in [0.29, 0.717) is 12.2 Å². The van der Waals surface area contributed by atoms with Crippen molar-refractivity contribution in [1.82, 2.24) is 4.90 Å². The second kappa shape index (κ2) is 10.2. The van der Waals surface area contributed by atoms with Crippen molar-refractivity contribution in [1.29, 1.82) is 0 Å². The van der Waals surface area contributed by atoms with Crippen LogP contribution in [0.4, 0.5) is 11.4 Å². The Morgan fingerprint density at radius 2 is 1.90 bits per heavy atom. The van der Waals surface area contributed by atoms with Crippen LogP contribution in [-0.4, -0.2) is 62.8 Å². The number of nitrogens with zero attached hydrogens (tertiary/aromatic N) is 2. The van der Waals surface area contributed by atoms with Gasteiger partial charge in [-0.25, -0.2) is 0 Å². The normalized spacial score (nSPS) is 19.4. The molecule has 0 bridgehead atoms. The second-order valence-corrected chi connectivity index (χ2v) is 8.35. The molecule has 6 heteroatoms. The van der Waals surface area contributed by atoms with E-state index in [-0.39, 0.29) is 12.0 Å². The number of rotatable bonds is 7. The predicted octanol–water partition coefficient (Wildman–Crippen LogP) is 3.95. The van der Waals surface area contributed by atoms with Crippen LogP contribution in [0.5, 0.6) is 5.75 Å². The van der Waals surface area contributed by atoms with Gasteiger partial charge in [0.25, 0.3) is 5.91 Å². The minimum atomic E-state index is -0.113. The van der Waals surface area contributed by atoms with Crippen molar-refractivity contribution >= 4 is 17.3 Å². The number of likely N-dealkylation sites (N-methyl/N-ethyl adjacent to an activating group) is 1. The summed E-state index contributed by atoms with van der Waals surface area (Å²) < 4.78 is 11.4. The zero-order chi connectivity index (χ0) is 21.6. The van der Waals surface area contributed by atoms with Crippen molar-refractivity contribution in [3.8, 4) is 5.75 Å². The van der Waals surface area contributed by atoms with Gasteiger partial charge in [0.05, 0.1) is 6.10 Å². The molecule has 1 N–H and O–H groups in total. The first-order valence-corrected chi connectivity index (χ1v) is 11.4. The molecular formula is C25H33N3O3. The van der Waals surface area contributed by atoms with Gasteiger partial charge in [0.1, 0.15) is 12.4 Å². The van der Waals surface area contributed by atoms with Crippen molar-refractivity contribution in [2.24, 2.45) is 0 Å². The number of aryl methyl sites for hydroxylation is 1. The van der Waals surface area contributed by atoms with E-state index in [1.54, 1.807) is 12.1 Å². The third-order valence-electron chi connectivity index (χ3n) is 6.22. The molecule has 166 valence electrons. The van der Waals surface area contributed by atoms with Gasteiger partial charge in [-0.05, 0) is 74.3 Å². The number of carbonyl (C=O) groups excluding carboxylic acids is 1. The van der Waals surface area contributed by atoms with Crippen molar-refractivity contribution in [2.45, 2.75) is 32.8 Å². The number of benzene rings is 2. The van der Waals surface area contributed by atoms with Crippen LogP contribution in [0.1, 0.15) is 35.7 Å². The Bertz CT molecular complexity index is 870. The number of carbonyl (C=O) groups is 1. The molecule has 0 aliphatic carbocycles. The predicted molar refractivity (Wildman–Crippen MR) is 124 cm³/mol. The molecule has 31 heavy (non-hydrogen) atoms. The van der Waals surface area contributed by atoms with E-state index in [1.165, 1.54) is 5.69 Å². The van der Waals surface area contributed by atoms with Gasteiger partial charge in [0.15, 0.2) is 0 Å². The van der Waals surface area contributed by atoms with Crippen LogP contribution >= 0.6 is 0 Å². The fourth-order valence-electron chi connectivity index (χ4n) is 4.17. The summed E-state index contributed by atoms with van der Waals surface area (Å²) in [5.41, 5.74) is 3.75. The Kier molecular flexibility index (Phi) is 7.10. The smallest absolute Gasteiger partial charge is 0.255 e. The molecule has 2 aromatic rings. The van der Waals surface area contributed by atoms with Crippen molar-refractivity contribution in [2.75, 3.05) is 56.2 Å². The number of anilines is 2. The Morgan fingerprint density at radius 3 is 2.55 bits per heavy atom. The molecule has 1 amide bonds. The highest BCUT2D eigenvalue weighted by Gasteiger charge is 2.18. The van der Waals surface area contributed by atoms with Gasteiger partial charge in [-0.1, -0.05) is 6.92 Å². The highest BCUT2D eigenvalue weighted by Crippen LogP contribution is 2.25. The lowest BCUT2D eigenvalue weighted by Crippen LogP contribution is -2.46. The van der Waals surface area contributed by atoms with E-state index in [4.69, 9.17) is 9.47 Å². The molecule has 2 aliphatic heterocycles. The van der Waals surface area contributed by atoms with Gasteiger partial charge in [0.2, 0.25) is 0 Å². The number of hydrogen-bond acceptors (Lipinski definition) is 5. The minimum absolute atomic E-state index is 0.113. The first-order valence-electron chi connectivity index (χ1n) is 11.4. The number of ether oxygens (including phenoxy) is 2. The average molecular weight is 424 g/mol. The topological polar surface area (TPSA) is 54.0 Å². The maximum atomic E-state index is 12.7. The number of nitrogens with one attached hydrogen (secondary N) is 1. The fourth-order valence-corrected chi connectivity index (χ4v) is 4.17. The molecule has 0 radical (unpaired) electrons. The zero-order valence-electron chi connectivity index (χ0n) is 18.6. The highest BCUT2D eigenvalue weighted by atomic mass is 16.5. The van der Waals surface area contributed by atoms with Crippen LogP contribution in [0.15, 0.2) is 42.5 Å². The van der Waals surface area contributed by atoms with Gasteiger partial charge < -0.3 is 24.6 Å². The molecule has 2 fully saturated rings. The van der Waals surface area contributed by atoms with Crippen LogP contribution in [0.2, 0.25) is 0 Å². The number of hydrogen-bond donors (Lipinski definition) is 1. The quantitative estimate of drug-likeness (QED) is 0.731. The summed E-state index contributed by atoms with van der Waals surface area (Å²) in [5.74, 6) is 0.647. The first-order chi connectivity index (χ1) is 15.1. The molecular weight excluding hydrogens is 390 g/mol. The van der Waals surface area contributed by atoms with Crippen LogP contribution in [0.3, 0.4) is 0 Å². The minimum Gasteiger partial charge on any atom is -0.491 e. The summed E-state index contributed by atoms with van der Waals surface area (Å²) in [6.45, 7) is 11.0. The lowest BCUT2D eigenvalue weighted by molar-refractivity contribution is 0.0679. The molecule has 2 heterocycles. The van der Waals surface area contributed by atoms with E-state index < -0.39 is 0 Å². The molecule has 0 saturated carbocycles. The fraction of sp³-hybridized carbons (Fsp3) is 0.480. The molecule has 0 aromatic heterocycles. The Morgan fingerprint density at radius 1 is 1.13 bits per heavy atom. The summed E-state index contributed by atoms with van der Waals surface area (Å²) in [4.78, 5) is 17.6. The highest BCUT2D eigenvalue weighted by molar-refractivity contribution is 6.04. The maximum Gasteiger partial charge on any atom is 0.255 e. The zero-order valence-corrected chi connectivity index (χ0v) is 18.6. The van der Waals surface area contributed by atoms with E-state index in [1.807, 2.05) is 25.1 Å². The van der Waals surface area contributed by atoms with E-state index in [0.717, 1.165) is 69.2 Å². The number of piperazine rings is 1. The van der Waals surface area contributed by atoms with Crippen LogP contribution in [-0.2, 0) is 4.74 Å². The third-order valence-corrected chi connectivity index (χ3v) is 6.22. The van der Waals surface area contributed by atoms with Crippen LogP contribution in [0, 0.1) is 6.92 Å². The molecule has 6 nitrogen and oxygen atoms in total. The SMILES string of the molecule is CCN1CCN(c2ccc(NC(=O)c3ccc(OC[C@H]4CCCO4)cc3)c(C)c2)CC1. The van der Waals surface area contributed by atoms with Crippen molar-refractivity contribution < 1.29 is 14.3 Å². The Hall–Kier alpha value is -2.57. The molecule has 4 rings (SSSR count). The molecule has 2 saturated heterocycles. The lowest BCUT2D eigenvalue weighted by atomic mass is 10.1. The average Bonchev–Trinajstić information content (AvgIpc) is 3.33. The van der Waals surface area contributed by atoms with Gasteiger partial charge in [-0.3, -0.25) is 4.79 Å².